The molecule has 0 spiro atoms. The van der Waals surface area contributed by atoms with E-state index in [4.69, 9.17) is 4.84 Å². The van der Waals surface area contributed by atoms with Gasteiger partial charge in [-0.2, -0.15) is 0 Å². The topological polar surface area (TPSA) is 33.6 Å². The number of nitrogens with one attached hydrogen (secondary N) is 1. The van der Waals surface area contributed by atoms with Gasteiger partial charge in [-0.1, -0.05) is 7.43 Å². The minimum absolute atomic E-state index is 0. The maximum absolute atomic E-state index is 5.02. The van der Waals surface area contributed by atoms with Crippen LogP contribution in [0, 0.1) is 5.92 Å². The van der Waals surface area contributed by atoms with Gasteiger partial charge in [0.1, 0.15) is 0 Å². The van der Waals surface area contributed by atoms with Gasteiger partial charge in [-0.05, 0) is 19.4 Å². The lowest BCUT2D eigenvalue weighted by Gasteiger charge is -2.03. The summed E-state index contributed by atoms with van der Waals surface area (Å²) in [5.41, 5.74) is 4.11. The van der Waals surface area contributed by atoms with Gasteiger partial charge in [-0.15, -0.1) is 0 Å². The summed E-state index contributed by atoms with van der Waals surface area (Å²) in [5, 5.41) is 0. The molecule has 1 atom stereocenters. The van der Waals surface area contributed by atoms with Gasteiger partial charge in [0, 0.05) is 24.9 Å². The molecule has 0 radical (unpaired) electrons. The minimum atomic E-state index is 0. The predicted octanol–water partition coefficient (Wildman–Crippen LogP) is 1.77. The van der Waals surface area contributed by atoms with Crippen LogP contribution in [-0.2, 0) is 4.84 Å². The highest BCUT2D eigenvalue weighted by atomic mass is 16.7. The Hall–Kier alpha value is -0.670. The zero-order valence-corrected chi connectivity index (χ0v) is 7.00. The van der Waals surface area contributed by atoms with E-state index in [1.165, 1.54) is 5.57 Å². The van der Waals surface area contributed by atoms with Crippen LogP contribution in [0.5, 0.6) is 0 Å². The van der Waals surface area contributed by atoms with Crippen molar-refractivity contribution in [2.24, 2.45) is 10.9 Å². The number of rotatable bonds is 2. The lowest BCUT2D eigenvalue weighted by Crippen LogP contribution is -2.09. The molecule has 1 rings (SSSR count). The molecule has 0 aromatic heterocycles. The van der Waals surface area contributed by atoms with E-state index in [2.05, 4.69) is 17.4 Å². The van der Waals surface area contributed by atoms with Crippen molar-refractivity contribution < 1.29 is 4.84 Å². The molecule has 0 bridgehead atoms. The first kappa shape index (κ1) is 11.3. The Balaban J connectivity index is 0.00000121. The van der Waals surface area contributed by atoms with Gasteiger partial charge < -0.3 is 4.84 Å². The third-order valence-corrected chi connectivity index (χ3v) is 1.79. The van der Waals surface area contributed by atoms with Gasteiger partial charge in [0.15, 0.2) is 0 Å². The van der Waals surface area contributed by atoms with Crippen LogP contribution < -0.4 is 5.48 Å². The first-order valence-corrected chi connectivity index (χ1v) is 3.83. The third kappa shape index (κ3) is 3.15. The fraction of sp³-hybridized carbons (Fsp3) is 0.667. The Labute approximate surface area is 74.5 Å². The monoisotopic (exact) mass is 170 g/mol. The quantitative estimate of drug-likeness (QED) is 0.641. The van der Waals surface area contributed by atoms with Gasteiger partial charge in [0.25, 0.3) is 0 Å². The summed E-state index contributed by atoms with van der Waals surface area (Å²) in [4.78, 5) is 9.06. The molecule has 70 valence electrons. The van der Waals surface area contributed by atoms with Crippen LogP contribution in [0.3, 0.4) is 0 Å². The van der Waals surface area contributed by atoms with E-state index in [1.54, 1.807) is 6.21 Å². The van der Waals surface area contributed by atoms with E-state index in [9.17, 15) is 0 Å². The first-order chi connectivity index (χ1) is 5.34. The molecule has 1 heterocycles. The van der Waals surface area contributed by atoms with E-state index >= 15 is 0 Å². The zero-order valence-electron chi connectivity index (χ0n) is 7.00. The highest BCUT2D eigenvalue weighted by Crippen LogP contribution is 2.13. The van der Waals surface area contributed by atoms with Crippen LogP contribution >= 0.6 is 0 Å². The van der Waals surface area contributed by atoms with Crippen molar-refractivity contribution in [3.05, 3.63) is 11.8 Å². The normalized spacial score (nSPS) is 24.5. The van der Waals surface area contributed by atoms with Gasteiger partial charge in [0.2, 0.25) is 0 Å². The third-order valence-electron chi connectivity index (χ3n) is 1.79. The second kappa shape index (κ2) is 5.91. The molecule has 1 saturated heterocycles. The SMILES string of the molecule is C.CC=N/C=C(\C)C1CNOC1. The van der Waals surface area contributed by atoms with E-state index in [1.807, 2.05) is 13.1 Å². The Morgan fingerprint density at radius 3 is 2.92 bits per heavy atom. The number of hydrogen-bond donors (Lipinski definition) is 1. The molecular weight excluding hydrogens is 152 g/mol. The number of hydrogen-bond acceptors (Lipinski definition) is 3. The van der Waals surface area contributed by atoms with Gasteiger partial charge in [-0.3, -0.25) is 4.99 Å². The summed E-state index contributed by atoms with van der Waals surface area (Å²) >= 11 is 0. The Kier molecular flexibility index (Phi) is 5.58. The fourth-order valence-electron chi connectivity index (χ4n) is 0.968. The second-order valence-electron chi connectivity index (χ2n) is 2.64. The molecule has 1 N–H and O–H groups in total. The maximum atomic E-state index is 5.02. The van der Waals surface area contributed by atoms with Crippen LogP contribution in [0.1, 0.15) is 21.3 Å². The molecule has 3 nitrogen and oxygen atoms in total. The van der Waals surface area contributed by atoms with Crippen molar-refractivity contribution in [1.29, 1.82) is 0 Å². The summed E-state index contributed by atoms with van der Waals surface area (Å²) in [6, 6.07) is 0. The lowest BCUT2D eigenvalue weighted by molar-refractivity contribution is 0.0989. The summed E-state index contributed by atoms with van der Waals surface area (Å²) in [5.74, 6) is 0.499. The number of aliphatic imine (C=N–C) groups is 1. The molecule has 1 fully saturated rings. The molecule has 0 amide bonds. The van der Waals surface area contributed by atoms with Crippen LogP contribution in [0.4, 0.5) is 0 Å². The van der Waals surface area contributed by atoms with Crippen molar-refractivity contribution >= 4 is 6.21 Å². The highest BCUT2D eigenvalue weighted by molar-refractivity contribution is 5.54. The Morgan fingerprint density at radius 1 is 1.67 bits per heavy atom. The maximum Gasteiger partial charge on any atom is 0.0761 e. The van der Waals surface area contributed by atoms with E-state index in [-0.39, 0.29) is 7.43 Å². The van der Waals surface area contributed by atoms with Gasteiger partial charge in [-0.25, -0.2) is 5.48 Å². The van der Waals surface area contributed by atoms with Gasteiger partial charge >= 0.3 is 0 Å². The first-order valence-electron chi connectivity index (χ1n) is 3.83. The van der Waals surface area contributed by atoms with Crippen molar-refractivity contribution in [2.45, 2.75) is 21.3 Å². The second-order valence-corrected chi connectivity index (χ2v) is 2.64. The van der Waals surface area contributed by atoms with Gasteiger partial charge in [0.05, 0.1) is 6.61 Å². The van der Waals surface area contributed by atoms with Crippen molar-refractivity contribution in [3.63, 3.8) is 0 Å². The number of nitrogens with zero attached hydrogens (tertiary/aromatic N) is 1. The summed E-state index contributed by atoms with van der Waals surface area (Å²) in [6.45, 7) is 5.66. The zero-order chi connectivity index (χ0) is 8.10. The van der Waals surface area contributed by atoms with Crippen LogP contribution in [0.2, 0.25) is 0 Å². The van der Waals surface area contributed by atoms with Crippen molar-refractivity contribution in [2.75, 3.05) is 13.2 Å². The summed E-state index contributed by atoms with van der Waals surface area (Å²) in [7, 11) is 0. The van der Waals surface area contributed by atoms with Crippen LogP contribution in [0.15, 0.2) is 16.8 Å². The average Bonchev–Trinajstić information content (AvgIpc) is 2.52. The lowest BCUT2D eigenvalue weighted by atomic mass is 10.0. The Bertz CT molecular complexity index is 169. The summed E-state index contributed by atoms with van der Waals surface area (Å²) < 4.78 is 0. The van der Waals surface area contributed by atoms with E-state index in [0.717, 1.165) is 13.2 Å². The van der Waals surface area contributed by atoms with Crippen LogP contribution in [-0.4, -0.2) is 19.4 Å². The molecule has 1 unspecified atom stereocenters. The largest absolute Gasteiger partial charge is 0.301 e. The molecule has 0 aliphatic carbocycles. The van der Waals surface area contributed by atoms with E-state index in [0.29, 0.717) is 5.92 Å². The summed E-state index contributed by atoms with van der Waals surface area (Å²) in [6.07, 6.45) is 3.67. The molecule has 0 saturated carbocycles. The van der Waals surface area contributed by atoms with Crippen molar-refractivity contribution in [1.82, 2.24) is 5.48 Å². The molecule has 1 aliphatic heterocycles. The highest BCUT2D eigenvalue weighted by Gasteiger charge is 2.16. The Morgan fingerprint density at radius 2 is 2.42 bits per heavy atom. The average molecular weight is 170 g/mol. The minimum Gasteiger partial charge on any atom is -0.301 e. The van der Waals surface area contributed by atoms with E-state index < -0.39 is 0 Å². The van der Waals surface area contributed by atoms with Crippen LogP contribution in [0.25, 0.3) is 0 Å². The van der Waals surface area contributed by atoms with Crippen molar-refractivity contribution in [3.8, 4) is 0 Å². The molecule has 3 heteroatoms. The fourth-order valence-corrected chi connectivity index (χ4v) is 0.968. The molecule has 0 aromatic rings. The molecule has 12 heavy (non-hydrogen) atoms. The predicted molar refractivity (Wildman–Crippen MR) is 52.1 cm³/mol. The molecular formula is C9H18N2O. The molecule has 0 aromatic carbocycles. The standard InChI is InChI=1S/C8H14N2O.CH4/c1-3-9-4-7(2)8-5-10-11-6-8;/h3-4,8,10H,5-6H2,1-2H3;1H4/b7-4+,9-3?;. The number of hydroxylamine groups is 1. The smallest absolute Gasteiger partial charge is 0.0761 e. The molecule has 1 aliphatic rings.